The molecule has 48 heavy (non-hydrogen) atoms. The number of nitrogens with zero attached hydrogens (tertiary/aromatic N) is 1. The van der Waals surface area contributed by atoms with Crippen LogP contribution in [0.3, 0.4) is 0 Å². The second kappa shape index (κ2) is 14.6. The summed E-state index contributed by atoms with van der Waals surface area (Å²) in [6, 6.07) is 33.1. The van der Waals surface area contributed by atoms with Gasteiger partial charge in [0.1, 0.15) is 5.58 Å². The zero-order valence-corrected chi connectivity index (χ0v) is 31.1. The number of allylic oxidation sites excluding steroid dienone is 2. The van der Waals surface area contributed by atoms with Gasteiger partial charge in [0.2, 0.25) is 0 Å². The molecule has 0 spiro atoms. The number of aliphatic hydroxyl groups excluding tert-OH is 1. The normalized spacial score (nSPS) is 13.4. The molecule has 0 bridgehead atoms. The number of pyridine rings is 1. The van der Waals surface area contributed by atoms with Crippen LogP contribution in [0.25, 0.3) is 55.2 Å². The third kappa shape index (κ3) is 6.27. The minimum atomic E-state index is -0.247. The summed E-state index contributed by atoms with van der Waals surface area (Å²) < 4.78 is 6.54. The van der Waals surface area contributed by atoms with E-state index in [-0.39, 0.29) is 48.9 Å². The Morgan fingerprint density at radius 1 is 0.854 bits per heavy atom. The molecule has 0 amide bonds. The molecule has 0 fully saturated rings. The van der Waals surface area contributed by atoms with Gasteiger partial charge in [0.25, 0.3) is 0 Å². The van der Waals surface area contributed by atoms with E-state index < -0.39 is 0 Å². The van der Waals surface area contributed by atoms with Crippen LogP contribution in [-0.4, -0.2) is 15.9 Å². The molecule has 1 aliphatic carbocycles. The summed E-state index contributed by atoms with van der Waals surface area (Å²) in [6.07, 6.45) is 4.91. The maximum absolute atomic E-state index is 11.7. The molecule has 1 radical (unpaired) electrons. The second-order valence-electron chi connectivity index (χ2n) is 13.1. The Kier molecular flexibility index (Phi) is 10.7. The van der Waals surface area contributed by atoms with E-state index in [2.05, 4.69) is 80.6 Å². The van der Waals surface area contributed by atoms with Crippen LogP contribution in [0.5, 0.6) is 0 Å². The third-order valence-electron chi connectivity index (χ3n) is 10.1. The van der Waals surface area contributed by atoms with Gasteiger partial charge in [0.15, 0.2) is 5.78 Å². The fourth-order valence-electron chi connectivity index (χ4n) is 7.12. The van der Waals surface area contributed by atoms with Gasteiger partial charge in [-0.1, -0.05) is 125 Å². The molecule has 249 valence electrons. The molecular weight excluding hydrogens is 771 g/mol. The number of ketones is 1. The molecule has 5 heteroatoms. The number of carbonyl (C=O) groups excluding carboxylic acids is 1. The number of aliphatic hydroxyl groups is 1. The van der Waals surface area contributed by atoms with Crippen molar-refractivity contribution in [1.82, 2.24) is 4.98 Å². The van der Waals surface area contributed by atoms with E-state index in [9.17, 15) is 9.90 Å². The molecule has 1 aliphatic rings. The van der Waals surface area contributed by atoms with Crippen LogP contribution in [0.4, 0.5) is 0 Å². The Labute approximate surface area is 297 Å². The zero-order valence-electron chi connectivity index (χ0n) is 28.7. The number of fused-ring (bicyclic) bond motifs is 3. The summed E-state index contributed by atoms with van der Waals surface area (Å²) in [7, 11) is 0. The maximum Gasteiger partial charge on any atom is 0.162 e. The SMILES string of the molecule is CC1(C)c2cc3ccccc3nc2-c2[c-]ccc3oc4c(-c5ccccc5)ccc1c4c23.CCC(CC)C(=O)/C=C(\O)C(CC)CC.[Ir]. The van der Waals surface area contributed by atoms with E-state index >= 15 is 0 Å². The van der Waals surface area contributed by atoms with Crippen molar-refractivity contribution in [3.63, 3.8) is 0 Å². The molecule has 0 saturated carbocycles. The Morgan fingerprint density at radius 2 is 1.52 bits per heavy atom. The summed E-state index contributed by atoms with van der Waals surface area (Å²) in [5.74, 6) is 0.547. The van der Waals surface area contributed by atoms with Gasteiger partial charge in [-0.15, -0.1) is 17.7 Å². The molecular formula is C43H44IrNO3-. The van der Waals surface area contributed by atoms with Crippen molar-refractivity contribution in [2.45, 2.75) is 72.6 Å². The van der Waals surface area contributed by atoms with Gasteiger partial charge in [-0.2, -0.15) is 0 Å². The fraction of sp³-hybridized carbons (Fsp3) is 0.302. The summed E-state index contributed by atoms with van der Waals surface area (Å²) in [5, 5.41) is 13.2. The van der Waals surface area contributed by atoms with Gasteiger partial charge in [-0.05, 0) is 59.3 Å². The van der Waals surface area contributed by atoms with Crippen molar-refractivity contribution >= 4 is 38.6 Å². The van der Waals surface area contributed by atoms with E-state index in [1.54, 1.807) is 0 Å². The van der Waals surface area contributed by atoms with Gasteiger partial charge in [0.05, 0.1) is 16.9 Å². The molecule has 4 aromatic carbocycles. The average Bonchev–Trinajstić information content (AvgIpc) is 3.45. The first-order valence-corrected chi connectivity index (χ1v) is 17.0. The number of carbonyl (C=O) groups is 1. The summed E-state index contributed by atoms with van der Waals surface area (Å²) in [6.45, 7) is 12.7. The van der Waals surface area contributed by atoms with Crippen LogP contribution in [0, 0.1) is 17.9 Å². The number of benzene rings is 4. The van der Waals surface area contributed by atoms with Crippen molar-refractivity contribution in [2.24, 2.45) is 11.8 Å². The molecule has 0 atom stereocenters. The van der Waals surface area contributed by atoms with Crippen molar-refractivity contribution in [3.8, 4) is 22.4 Å². The van der Waals surface area contributed by atoms with Crippen LogP contribution in [0.15, 0.2) is 101 Å². The Balaban J connectivity index is 0.000000243. The Bertz CT molecular complexity index is 2100. The van der Waals surface area contributed by atoms with Crippen LogP contribution in [-0.2, 0) is 30.3 Å². The van der Waals surface area contributed by atoms with Crippen LogP contribution in [0.1, 0.15) is 78.4 Å². The molecule has 4 nitrogen and oxygen atoms in total. The topological polar surface area (TPSA) is 63.3 Å². The number of rotatable bonds is 8. The van der Waals surface area contributed by atoms with E-state index in [1.165, 1.54) is 22.6 Å². The van der Waals surface area contributed by atoms with Crippen molar-refractivity contribution in [1.29, 1.82) is 0 Å². The molecule has 7 rings (SSSR count). The molecule has 2 aromatic heterocycles. The van der Waals surface area contributed by atoms with Crippen molar-refractivity contribution in [2.75, 3.05) is 0 Å². The van der Waals surface area contributed by atoms with E-state index in [0.29, 0.717) is 0 Å². The Morgan fingerprint density at radius 3 is 2.21 bits per heavy atom. The Hall–Kier alpha value is -4.05. The van der Waals surface area contributed by atoms with Crippen molar-refractivity contribution < 1.29 is 34.4 Å². The number of aromatic nitrogens is 1. The molecule has 2 heterocycles. The summed E-state index contributed by atoms with van der Waals surface area (Å²) >= 11 is 0. The fourth-order valence-corrected chi connectivity index (χ4v) is 7.12. The third-order valence-corrected chi connectivity index (χ3v) is 10.1. The van der Waals surface area contributed by atoms with Gasteiger partial charge < -0.3 is 9.52 Å². The van der Waals surface area contributed by atoms with Gasteiger partial charge in [-0.25, -0.2) is 0 Å². The summed E-state index contributed by atoms with van der Waals surface area (Å²) in [4.78, 5) is 16.9. The number of para-hydroxylation sites is 1. The molecule has 6 aromatic rings. The van der Waals surface area contributed by atoms with Gasteiger partial charge in [-0.3, -0.25) is 9.78 Å². The van der Waals surface area contributed by atoms with Crippen LogP contribution < -0.4 is 0 Å². The average molecular weight is 815 g/mol. The molecule has 1 N–H and O–H groups in total. The quantitative estimate of drug-likeness (QED) is 0.0944. The number of furan rings is 1. The standard InChI is InChI=1S/C30H20NO.C13H24O2.Ir/c1-30(2)22-16-15-20(18-9-4-3-5-10-18)29-27(22)26-21(12-8-14-25(26)32-29)28-23(30)17-19-11-6-7-13-24(19)31-28;1-5-10(6-2)12(14)9-13(15)11(7-3)8-4;/h3-11,13-17H,1-2H3;9-11,14H,5-8H2,1-4H3;/q-1;;/b;12-9-;. The molecule has 0 unspecified atom stereocenters. The van der Waals surface area contributed by atoms with Crippen LogP contribution >= 0.6 is 0 Å². The monoisotopic (exact) mass is 815 g/mol. The first kappa shape index (κ1) is 35.3. The minimum Gasteiger partial charge on any atom is -0.512 e. The first-order valence-electron chi connectivity index (χ1n) is 17.0. The molecule has 0 aliphatic heterocycles. The predicted molar refractivity (Wildman–Crippen MR) is 195 cm³/mol. The predicted octanol–water partition coefficient (Wildman–Crippen LogP) is 11.8. The van der Waals surface area contributed by atoms with E-state index in [1.807, 2.05) is 52.0 Å². The van der Waals surface area contributed by atoms with Crippen molar-refractivity contribution in [3.05, 3.63) is 114 Å². The van der Waals surface area contributed by atoms with Gasteiger partial charge >= 0.3 is 0 Å². The van der Waals surface area contributed by atoms with E-state index in [4.69, 9.17) is 9.40 Å². The maximum atomic E-state index is 11.7. The van der Waals surface area contributed by atoms with Crippen LogP contribution in [0.2, 0.25) is 0 Å². The van der Waals surface area contributed by atoms with E-state index in [0.717, 1.165) is 75.5 Å². The largest absolute Gasteiger partial charge is 0.512 e. The smallest absolute Gasteiger partial charge is 0.162 e. The minimum absolute atomic E-state index is 0. The number of hydrogen-bond donors (Lipinski definition) is 1. The first-order chi connectivity index (χ1) is 22.7. The zero-order chi connectivity index (χ0) is 33.3. The second-order valence-corrected chi connectivity index (χ2v) is 13.1. The number of hydrogen-bond acceptors (Lipinski definition) is 4. The van der Waals surface area contributed by atoms with Gasteiger partial charge in [0, 0.05) is 49.0 Å². The molecule has 0 saturated heterocycles. The summed E-state index contributed by atoms with van der Waals surface area (Å²) in [5.41, 5.74) is 9.38.